The van der Waals surface area contributed by atoms with Crippen LogP contribution in [-0.4, -0.2) is 41.9 Å². The summed E-state index contributed by atoms with van der Waals surface area (Å²) in [5.41, 5.74) is 0. The van der Waals surface area contributed by atoms with Crippen LogP contribution in [0.1, 0.15) is 0 Å². The van der Waals surface area contributed by atoms with E-state index in [0.717, 1.165) is 11.5 Å². The Kier molecular flexibility index (Phi) is 3.98. The van der Waals surface area contributed by atoms with Crippen LogP contribution in [0.2, 0.25) is 0 Å². The summed E-state index contributed by atoms with van der Waals surface area (Å²) in [4.78, 5) is 0. The van der Waals surface area contributed by atoms with Gasteiger partial charge in [0.25, 0.3) is 0 Å². The van der Waals surface area contributed by atoms with Crippen molar-refractivity contribution in [2.24, 2.45) is 0 Å². The highest BCUT2D eigenvalue weighted by Crippen LogP contribution is 2.30. The highest BCUT2D eigenvalue weighted by Gasteiger charge is 2.20. The van der Waals surface area contributed by atoms with Gasteiger partial charge in [-0.15, -0.1) is 0 Å². The average Bonchev–Trinajstić information content (AvgIpc) is 2.35. The molecular weight excluding hydrogens is 240 g/mol. The van der Waals surface area contributed by atoms with Crippen molar-refractivity contribution in [2.45, 2.75) is 6.10 Å². The van der Waals surface area contributed by atoms with Crippen LogP contribution in [0.3, 0.4) is 0 Å². The van der Waals surface area contributed by atoms with E-state index < -0.39 is 11.2 Å². The number of ether oxygens (including phenoxy) is 2. The summed E-state index contributed by atoms with van der Waals surface area (Å²) in [5, 5.41) is 0. The van der Waals surface area contributed by atoms with Crippen molar-refractivity contribution in [3.05, 3.63) is 24.3 Å². The molecule has 0 saturated carbocycles. The maximum Gasteiger partial charge on any atom is 0.169 e. The van der Waals surface area contributed by atoms with Crippen molar-refractivity contribution in [3.8, 4) is 11.5 Å². The van der Waals surface area contributed by atoms with Gasteiger partial charge in [-0.3, -0.25) is 0 Å². The molecule has 2 unspecified atom stereocenters. The van der Waals surface area contributed by atoms with Crippen LogP contribution >= 0.6 is 0 Å². The molecular formula is C11H16N2O3S. The van der Waals surface area contributed by atoms with E-state index in [1.807, 2.05) is 24.3 Å². The van der Waals surface area contributed by atoms with Gasteiger partial charge in [0, 0.05) is 20.6 Å². The number of para-hydroxylation sites is 2. The predicted octanol–water partition coefficient (Wildman–Crippen LogP) is 0.556. The maximum absolute atomic E-state index is 11.5. The average molecular weight is 256 g/mol. The van der Waals surface area contributed by atoms with Crippen molar-refractivity contribution < 1.29 is 13.7 Å². The summed E-state index contributed by atoms with van der Waals surface area (Å²) in [5.74, 6) is 1.50. The van der Waals surface area contributed by atoms with Crippen LogP contribution in [0.5, 0.6) is 11.5 Å². The Bertz CT molecular complexity index is 411. The highest BCUT2D eigenvalue weighted by atomic mass is 32.2. The van der Waals surface area contributed by atoms with E-state index in [1.165, 1.54) is 0 Å². The van der Waals surface area contributed by atoms with Crippen LogP contribution < -0.4 is 14.2 Å². The Balaban J connectivity index is 1.88. The molecule has 0 amide bonds. The lowest BCUT2D eigenvalue weighted by molar-refractivity contribution is 0.0944. The van der Waals surface area contributed by atoms with Gasteiger partial charge in [0.15, 0.2) is 22.7 Å². The van der Waals surface area contributed by atoms with E-state index in [-0.39, 0.29) is 6.10 Å². The number of nitrogens with zero attached hydrogens (tertiary/aromatic N) is 1. The second-order valence-electron chi connectivity index (χ2n) is 3.91. The third kappa shape index (κ3) is 3.18. The van der Waals surface area contributed by atoms with Crippen LogP contribution in [-0.2, 0) is 11.2 Å². The summed E-state index contributed by atoms with van der Waals surface area (Å²) < 4.78 is 27.2. The zero-order valence-electron chi connectivity index (χ0n) is 9.88. The fourth-order valence-electron chi connectivity index (χ4n) is 1.46. The van der Waals surface area contributed by atoms with E-state index in [9.17, 15) is 4.21 Å². The first kappa shape index (κ1) is 12.3. The van der Waals surface area contributed by atoms with Gasteiger partial charge in [0.2, 0.25) is 0 Å². The Hall–Kier alpha value is -1.11. The molecule has 1 aromatic carbocycles. The Labute approximate surface area is 103 Å². The van der Waals surface area contributed by atoms with Gasteiger partial charge in [-0.1, -0.05) is 12.1 Å². The molecule has 0 saturated heterocycles. The summed E-state index contributed by atoms with van der Waals surface area (Å²) in [6, 6.07) is 7.54. The molecule has 1 heterocycles. The van der Waals surface area contributed by atoms with E-state index in [4.69, 9.17) is 9.47 Å². The SMILES string of the molecule is CN(C)S(=O)NCC1COc2ccccc2O1. The van der Waals surface area contributed by atoms with Crippen LogP contribution in [0, 0.1) is 0 Å². The third-order valence-corrected chi connectivity index (χ3v) is 3.41. The van der Waals surface area contributed by atoms with Gasteiger partial charge in [-0.05, 0) is 12.1 Å². The lowest BCUT2D eigenvalue weighted by Gasteiger charge is -2.26. The molecule has 0 radical (unpaired) electrons. The molecule has 17 heavy (non-hydrogen) atoms. The molecule has 0 aliphatic carbocycles. The van der Waals surface area contributed by atoms with Gasteiger partial charge in [-0.25, -0.2) is 13.2 Å². The van der Waals surface area contributed by atoms with Crippen LogP contribution in [0.25, 0.3) is 0 Å². The van der Waals surface area contributed by atoms with E-state index in [0.29, 0.717) is 13.2 Å². The quantitative estimate of drug-likeness (QED) is 0.856. The summed E-state index contributed by atoms with van der Waals surface area (Å²) >= 11 is -1.18. The predicted molar refractivity (Wildman–Crippen MR) is 66.2 cm³/mol. The second kappa shape index (κ2) is 5.48. The lowest BCUT2D eigenvalue weighted by atomic mass is 10.2. The smallest absolute Gasteiger partial charge is 0.169 e. The molecule has 0 fully saturated rings. The molecule has 94 valence electrons. The molecule has 2 rings (SSSR count). The van der Waals surface area contributed by atoms with E-state index >= 15 is 0 Å². The molecule has 6 heteroatoms. The highest BCUT2D eigenvalue weighted by molar-refractivity contribution is 7.80. The molecule has 1 N–H and O–H groups in total. The largest absolute Gasteiger partial charge is 0.486 e. The molecule has 0 aromatic heterocycles. The fourth-order valence-corrected chi connectivity index (χ4v) is 2.04. The molecule has 0 spiro atoms. The lowest BCUT2D eigenvalue weighted by Crippen LogP contribution is -2.41. The zero-order valence-corrected chi connectivity index (χ0v) is 10.7. The summed E-state index contributed by atoms with van der Waals surface area (Å²) in [6.45, 7) is 0.952. The van der Waals surface area contributed by atoms with E-state index in [1.54, 1.807) is 18.4 Å². The van der Waals surface area contributed by atoms with Gasteiger partial charge in [0.1, 0.15) is 12.7 Å². The molecule has 1 aliphatic heterocycles. The standard InChI is InChI=1S/C11H16N2O3S/c1-13(2)17(14)12-7-9-8-15-10-5-3-4-6-11(10)16-9/h3-6,9,12H,7-8H2,1-2H3. The minimum absolute atomic E-state index is 0.117. The van der Waals surface area contributed by atoms with Crippen molar-refractivity contribution in [1.29, 1.82) is 0 Å². The first-order valence-corrected chi connectivity index (χ1v) is 6.48. The molecule has 1 aromatic rings. The minimum atomic E-state index is -1.18. The summed E-state index contributed by atoms with van der Waals surface area (Å²) in [7, 11) is 3.49. The minimum Gasteiger partial charge on any atom is -0.486 e. The zero-order chi connectivity index (χ0) is 12.3. The first-order chi connectivity index (χ1) is 8.16. The second-order valence-corrected chi connectivity index (χ2v) is 5.42. The molecule has 0 bridgehead atoms. The van der Waals surface area contributed by atoms with Crippen LogP contribution in [0.15, 0.2) is 24.3 Å². The number of rotatable bonds is 4. The molecule has 5 nitrogen and oxygen atoms in total. The topological polar surface area (TPSA) is 50.8 Å². The van der Waals surface area contributed by atoms with E-state index in [2.05, 4.69) is 4.72 Å². The number of fused-ring (bicyclic) bond motifs is 1. The van der Waals surface area contributed by atoms with Gasteiger partial charge in [-0.2, -0.15) is 0 Å². The Morgan fingerprint density at radius 2 is 2.12 bits per heavy atom. The molecule has 1 aliphatic rings. The van der Waals surface area contributed by atoms with Gasteiger partial charge < -0.3 is 9.47 Å². The Morgan fingerprint density at radius 1 is 1.41 bits per heavy atom. The first-order valence-electron chi connectivity index (χ1n) is 5.38. The molecule has 2 atom stereocenters. The van der Waals surface area contributed by atoms with Crippen molar-refractivity contribution in [1.82, 2.24) is 9.03 Å². The normalized spacial score (nSPS) is 20.3. The van der Waals surface area contributed by atoms with Crippen molar-refractivity contribution in [3.63, 3.8) is 0 Å². The fraction of sp³-hybridized carbons (Fsp3) is 0.455. The maximum atomic E-state index is 11.5. The number of benzene rings is 1. The van der Waals surface area contributed by atoms with Crippen molar-refractivity contribution in [2.75, 3.05) is 27.2 Å². The van der Waals surface area contributed by atoms with Crippen molar-refractivity contribution >= 4 is 11.2 Å². The third-order valence-electron chi connectivity index (χ3n) is 2.33. The number of hydrogen-bond donors (Lipinski definition) is 1. The summed E-state index contributed by atoms with van der Waals surface area (Å²) in [6.07, 6.45) is -0.117. The van der Waals surface area contributed by atoms with Gasteiger partial charge >= 0.3 is 0 Å². The van der Waals surface area contributed by atoms with Crippen LogP contribution in [0.4, 0.5) is 0 Å². The number of hydrogen-bond acceptors (Lipinski definition) is 3. The monoisotopic (exact) mass is 256 g/mol. The number of nitrogens with one attached hydrogen (secondary N) is 1. The van der Waals surface area contributed by atoms with Gasteiger partial charge in [0.05, 0.1) is 0 Å². The Morgan fingerprint density at radius 3 is 2.82 bits per heavy atom.